The van der Waals surface area contributed by atoms with Gasteiger partial charge in [-0.05, 0) is 40.2 Å². The Morgan fingerprint density at radius 1 is 1.07 bits per heavy atom. The molecule has 7 nitrogen and oxygen atoms in total. The van der Waals surface area contributed by atoms with E-state index in [1.165, 1.54) is 5.69 Å². The Labute approximate surface area is 166 Å². The van der Waals surface area contributed by atoms with Gasteiger partial charge in [-0.1, -0.05) is 0 Å². The Balaban J connectivity index is 1.27. The molecule has 5 rings (SSSR count). The molecule has 1 aromatic carbocycles. The lowest BCUT2D eigenvalue weighted by Gasteiger charge is -2.43. The Kier molecular flexibility index (Phi) is 4.47. The van der Waals surface area contributed by atoms with Crippen LogP contribution in [0.1, 0.15) is 0 Å². The zero-order valence-electron chi connectivity index (χ0n) is 14.9. The molecular formula is C19H21BrN6O. The number of fused-ring (bicyclic) bond motifs is 1. The summed E-state index contributed by atoms with van der Waals surface area (Å²) >= 11 is 3.45. The maximum absolute atomic E-state index is 5.31. The van der Waals surface area contributed by atoms with Crippen molar-refractivity contribution in [3.63, 3.8) is 0 Å². The van der Waals surface area contributed by atoms with E-state index in [9.17, 15) is 0 Å². The van der Waals surface area contributed by atoms with E-state index in [1.807, 2.05) is 16.8 Å². The van der Waals surface area contributed by atoms with E-state index < -0.39 is 0 Å². The van der Waals surface area contributed by atoms with Crippen molar-refractivity contribution < 1.29 is 4.74 Å². The molecule has 0 spiro atoms. The SMILES string of the molecule is Brc1cn2ccnc2c(Nc2ccc(N3CCN(C4COC4)CC3)cc2)n1. The summed E-state index contributed by atoms with van der Waals surface area (Å²) in [4.78, 5) is 13.9. The molecule has 0 saturated carbocycles. The first kappa shape index (κ1) is 17.0. The summed E-state index contributed by atoms with van der Waals surface area (Å²) in [5, 5.41) is 3.38. The number of aromatic nitrogens is 3. The van der Waals surface area contributed by atoms with Crippen LogP contribution in [0, 0.1) is 0 Å². The summed E-state index contributed by atoms with van der Waals surface area (Å²) in [5.74, 6) is 0.735. The number of halogens is 1. The monoisotopic (exact) mass is 428 g/mol. The van der Waals surface area contributed by atoms with Gasteiger partial charge >= 0.3 is 0 Å². The molecule has 0 aliphatic carbocycles. The minimum absolute atomic E-state index is 0.635. The van der Waals surface area contributed by atoms with Gasteiger partial charge in [0.05, 0.1) is 19.3 Å². The van der Waals surface area contributed by atoms with E-state index in [1.54, 1.807) is 6.20 Å². The number of imidazole rings is 1. The van der Waals surface area contributed by atoms with Crippen LogP contribution in [0.15, 0.2) is 47.5 Å². The quantitative estimate of drug-likeness (QED) is 0.689. The molecule has 2 aromatic heterocycles. The van der Waals surface area contributed by atoms with E-state index >= 15 is 0 Å². The van der Waals surface area contributed by atoms with Gasteiger partial charge in [-0.25, -0.2) is 9.97 Å². The molecular weight excluding hydrogens is 408 g/mol. The molecule has 1 N–H and O–H groups in total. The summed E-state index contributed by atoms with van der Waals surface area (Å²) in [5.41, 5.74) is 3.07. The molecule has 2 fully saturated rings. The number of piperazine rings is 1. The molecule has 4 heterocycles. The maximum Gasteiger partial charge on any atom is 0.180 e. The minimum atomic E-state index is 0.635. The van der Waals surface area contributed by atoms with Crippen LogP contribution >= 0.6 is 15.9 Å². The van der Waals surface area contributed by atoms with Gasteiger partial charge in [-0.2, -0.15) is 0 Å². The van der Waals surface area contributed by atoms with Crippen molar-refractivity contribution in [2.75, 3.05) is 49.6 Å². The number of hydrogen-bond acceptors (Lipinski definition) is 6. The third-order valence-electron chi connectivity index (χ3n) is 5.29. The average Bonchev–Trinajstić information content (AvgIpc) is 3.10. The van der Waals surface area contributed by atoms with Gasteiger partial charge in [-0.3, -0.25) is 4.90 Å². The fraction of sp³-hybridized carbons (Fsp3) is 0.368. The predicted molar refractivity (Wildman–Crippen MR) is 109 cm³/mol. The van der Waals surface area contributed by atoms with Crippen LogP contribution < -0.4 is 10.2 Å². The first-order chi connectivity index (χ1) is 13.3. The average molecular weight is 429 g/mol. The van der Waals surface area contributed by atoms with Crippen LogP contribution in [-0.2, 0) is 4.74 Å². The van der Waals surface area contributed by atoms with Crippen LogP contribution in [0.2, 0.25) is 0 Å². The van der Waals surface area contributed by atoms with Gasteiger partial charge in [0, 0.05) is 56.1 Å². The smallest absolute Gasteiger partial charge is 0.180 e. The highest BCUT2D eigenvalue weighted by atomic mass is 79.9. The second kappa shape index (κ2) is 7.10. The van der Waals surface area contributed by atoms with E-state index in [-0.39, 0.29) is 0 Å². The molecule has 0 amide bonds. The summed E-state index contributed by atoms with van der Waals surface area (Å²) < 4.78 is 8.02. The second-order valence-electron chi connectivity index (χ2n) is 6.96. The van der Waals surface area contributed by atoms with Crippen LogP contribution in [0.25, 0.3) is 5.65 Å². The number of ether oxygens (including phenoxy) is 1. The van der Waals surface area contributed by atoms with Crippen LogP contribution in [0.4, 0.5) is 17.2 Å². The largest absolute Gasteiger partial charge is 0.378 e. The fourth-order valence-corrected chi connectivity index (χ4v) is 4.05. The van der Waals surface area contributed by atoms with Crippen molar-refractivity contribution in [3.05, 3.63) is 47.5 Å². The summed E-state index contributed by atoms with van der Waals surface area (Å²) in [7, 11) is 0. The highest BCUT2D eigenvalue weighted by Gasteiger charge is 2.28. The molecule has 0 bridgehead atoms. The third kappa shape index (κ3) is 3.40. The van der Waals surface area contributed by atoms with Crippen LogP contribution in [0.5, 0.6) is 0 Å². The number of benzene rings is 1. The summed E-state index contributed by atoms with van der Waals surface area (Å²) in [6.45, 7) is 6.12. The van der Waals surface area contributed by atoms with Gasteiger partial charge in [-0.15, -0.1) is 0 Å². The number of nitrogens with one attached hydrogen (secondary N) is 1. The Morgan fingerprint density at radius 3 is 2.56 bits per heavy atom. The van der Waals surface area contributed by atoms with Crippen molar-refractivity contribution in [1.82, 2.24) is 19.3 Å². The number of nitrogens with zero attached hydrogens (tertiary/aromatic N) is 5. The van der Waals surface area contributed by atoms with Gasteiger partial charge < -0.3 is 19.4 Å². The number of anilines is 3. The van der Waals surface area contributed by atoms with Crippen LogP contribution in [-0.4, -0.2) is 64.7 Å². The molecule has 2 aliphatic heterocycles. The van der Waals surface area contributed by atoms with Crippen molar-refractivity contribution in [3.8, 4) is 0 Å². The fourth-order valence-electron chi connectivity index (χ4n) is 3.66. The molecule has 140 valence electrons. The lowest BCUT2D eigenvalue weighted by Crippen LogP contribution is -2.56. The number of rotatable bonds is 4. The van der Waals surface area contributed by atoms with Crippen LogP contribution in [0.3, 0.4) is 0 Å². The molecule has 0 radical (unpaired) electrons. The predicted octanol–water partition coefficient (Wildman–Crippen LogP) is 2.76. The lowest BCUT2D eigenvalue weighted by atomic mass is 10.1. The zero-order chi connectivity index (χ0) is 18.2. The Bertz CT molecular complexity index is 931. The maximum atomic E-state index is 5.31. The third-order valence-corrected chi connectivity index (χ3v) is 5.67. The molecule has 0 unspecified atom stereocenters. The van der Waals surface area contributed by atoms with E-state index in [0.29, 0.717) is 6.04 Å². The Morgan fingerprint density at radius 2 is 1.85 bits per heavy atom. The van der Waals surface area contributed by atoms with E-state index in [2.05, 4.69) is 65.3 Å². The first-order valence-corrected chi connectivity index (χ1v) is 9.98. The first-order valence-electron chi connectivity index (χ1n) is 9.19. The molecule has 3 aromatic rings. The highest BCUT2D eigenvalue weighted by Crippen LogP contribution is 2.25. The van der Waals surface area contributed by atoms with Crippen molar-refractivity contribution in [1.29, 1.82) is 0 Å². The summed E-state index contributed by atoms with van der Waals surface area (Å²) in [6.07, 6.45) is 5.57. The van der Waals surface area contributed by atoms with Crippen molar-refractivity contribution in [2.24, 2.45) is 0 Å². The topological polar surface area (TPSA) is 57.9 Å². The van der Waals surface area contributed by atoms with E-state index in [0.717, 1.165) is 61.1 Å². The molecule has 27 heavy (non-hydrogen) atoms. The van der Waals surface area contributed by atoms with Gasteiger partial charge in [0.2, 0.25) is 0 Å². The normalized spacial score (nSPS) is 18.6. The van der Waals surface area contributed by atoms with Gasteiger partial charge in [0.25, 0.3) is 0 Å². The summed E-state index contributed by atoms with van der Waals surface area (Å²) in [6, 6.07) is 9.18. The lowest BCUT2D eigenvalue weighted by molar-refractivity contribution is -0.0660. The van der Waals surface area contributed by atoms with E-state index in [4.69, 9.17) is 4.74 Å². The van der Waals surface area contributed by atoms with Gasteiger partial charge in [0.15, 0.2) is 11.5 Å². The van der Waals surface area contributed by atoms with Crippen molar-refractivity contribution in [2.45, 2.75) is 6.04 Å². The molecule has 2 saturated heterocycles. The van der Waals surface area contributed by atoms with Crippen molar-refractivity contribution >= 4 is 38.8 Å². The number of hydrogen-bond donors (Lipinski definition) is 1. The van der Waals surface area contributed by atoms with Gasteiger partial charge in [0.1, 0.15) is 4.60 Å². The second-order valence-corrected chi connectivity index (χ2v) is 7.77. The molecule has 8 heteroatoms. The standard InChI is InChI=1S/C19H21BrN6O/c20-17-11-26-6-5-21-19(26)18(23-17)22-14-1-3-15(4-2-14)24-7-9-25(10-8-24)16-12-27-13-16/h1-6,11,16H,7-10,12-13H2,(H,22,23). The molecule has 2 aliphatic rings. The highest BCUT2D eigenvalue weighted by molar-refractivity contribution is 9.10. The minimum Gasteiger partial charge on any atom is -0.378 e. The Hall–Kier alpha value is -2.16. The zero-order valence-corrected chi connectivity index (χ0v) is 16.5. The molecule has 0 atom stereocenters.